The molecule has 1 aliphatic heterocycles. The second-order valence-corrected chi connectivity index (χ2v) is 8.50. The van der Waals surface area contributed by atoms with E-state index in [4.69, 9.17) is 4.74 Å². The van der Waals surface area contributed by atoms with Gasteiger partial charge in [-0.15, -0.1) is 10.2 Å². The monoisotopic (exact) mass is 418 g/mol. The second kappa shape index (κ2) is 9.33. The van der Waals surface area contributed by atoms with Crippen molar-refractivity contribution in [3.8, 4) is 17.1 Å². The quantitative estimate of drug-likeness (QED) is 0.603. The van der Waals surface area contributed by atoms with Crippen molar-refractivity contribution in [1.82, 2.24) is 14.8 Å². The Morgan fingerprint density at radius 1 is 1.10 bits per heavy atom. The maximum atomic E-state index is 12.4. The normalized spacial score (nSPS) is 13.5. The maximum Gasteiger partial charge on any atom is 0.262 e. The van der Waals surface area contributed by atoms with E-state index in [0.717, 1.165) is 53.6 Å². The van der Waals surface area contributed by atoms with Gasteiger partial charge in [-0.05, 0) is 67.1 Å². The van der Waals surface area contributed by atoms with Crippen molar-refractivity contribution in [2.24, 2.45) is 0 Å². The van der Waals surface area contributed by atoms with Crippen molar-refractivity contribution in [2.75, 3.05) is 11.9 Å². The van der Waals surface area contributed by atoms with Crippen molar-refractivity contribution >= 4 is 11.6 Å². The van der Waals surface area contributed by atoms with Crippen LogP contribution in [0.2, 0.25) is 0 Å². The van der Waals surface area contributed by atoms with Gasteiger partial charge in [0, 0.05) is 24.2 Å². The van der Waals surface area contributed by atoms with Gasteiger partial charge in [-0.25, -0.2) is 0 Å². The van der Waals surface area contributed by atoms with Crippen LogP contribution in [0, 0.1) is 6.92 Å². The van der Waals surface area contributed by atoms with Gasteiger partial charge in [0.25, 0.3) is 5.91 Å². The van der Waals surface area contributed by atoms with Crippen molar-refractivity contribution in [3.63, 3.8) is 0 Å². The number of ether oxygens (including phenoxy) is 1. The third-order valence-electron chi connectivity index (χ3n) is 5.77. The van der Waals surface area contributed by atoms with Gasteiger partial charge >= 0.3 is 0 Å². The number of hydrogen-bond acceptors (Lipinski definition) is 4. The molecule has 0 spiro atoms. The Labute approximate surface area is 183 Å². The number of aromatic nitrogens is 3. The lowest BCUT2D eigenvalue weighted by Crippen LogP contribution is -2.20. The zero-order valence-electron chi connectivity index (χ0n) is 18.5. The standard InChI is InChI=1S/C25H30N4O2/c1-17(2)20-9-8-18(3)22(15-20)31-16-24(30)26-21-12-10-19(11-13-21)25-28-27-23-7-5-4-6-14-29(23)25/h8-13,15,17H,4-7,14,16H2,1-3H3,(H,26,30). The van der Waals surface area contributed by atoms with Crippen molar-refractivity contribution in [3.05, 3.63) is 59.4 Å². The number of amides is 1. The number of nitrogens with zero attached hydrogens (tertiary/aromatic N) is 3. The third kappa shape index (κ3) is 4.95. The topological polar surface area (TPSA) is 69.0 Å². The summed E-state index contributed by atoms with van der Waals surface area (Å²) in [5.41, 5.74) is 3.97. The molecule has 1 amide bonds. The van der Waals surface area contributed by atoms with Gasteiger partial charge in [0.1, 0.15) is 11.6 Å². The molecule has 2 heterocycles. The number of anilines is 1. The summed E-state index contributed by atoms with van der Waals surface area (Å²) in [4.78, 5) is 12.4. The molecule has 0 bridgehead atoms. The Morgan fingerprint density at radius 2 is 1.90 bits per heavy atom. The van der Waals surface area contributed by atoms with Crippen molar-refractivity contribution in [1.29, 1.82) is 0 Å². The van der Waals surface area contributed by atoms with Crippen LogP contribution in [-0.2, 0) is 17.8 Å². The Balaban J connectivity index is 1.38. The van der Waals surface area contributed by atoms with Crippen LogP contribution >= 0.6 is 0 Å². The van der Waals surface area contributed by atoms with E-state index in [1.165, 1.54) is 18.4 Å². The van der Waals surface area contributed by atoms with Gasteiger partial charge in [0.05, 0.1) is 0 Å². The third-order valence-corrected chi connectivity index (χ3v) is 5.77. The van der Waals surface area contributed by atoms with Gasteiger partial charge in [0.2, 0.25) is 0 Å². The smallest absolute Gasteiger partial charge is 0.262 e. The summed E-state index contributed by atoms with van der Waals surface area (Å²) in [5.74, 6) is 2.95. The van der Waals surface area contributed by atoms with E-state index in [-0.39, 0.29) is 12.5 Å². The Hall–Kier alpha value is -3.15. The number of carbonyl (C=O) groups excluding carboxylic acids is 1. The average molecular weight is 419 g/mol. The van der Waals surface area contributed by atoms with E-state index in [1.807, 2.05) is 43.3 Å². The maximum absolute atomic E-state index is 12.4. The fraction of sp³-hybridized carbons (Fsp3) is 0.400. The van der Waals surface area contributed by atoms with E-state index in [9.17, 15) is 4.79 Å². The Bertz CT molecular complexity index is 1050. The van der Waals surface area contributed by atoms with E-state index in [1.54, 1.807) is 0 Å². The molecule has 0 saturated heterocycles. The second-order valence-electron chi connectivity index (χ2n) is 8.50. The molecule has 4 rings (SSSR count). The molecule has 6 heteroatoms. The first-order chi connectivity index (χ1) is 15.0. The minimum Gasteiger partial charge on any atom is -0.483 e. The van der Waals surface area contributed by atoms with Gasteiger partial charge in [-0.3, -0.25) is 4.79 Å². The predicted molar refractivity (Wildman–Crippen MR) is 122 cm³/mol. The van der Waals surface area contributed by atoms with Gasteiger partial charge in [-0.2, -0.15) is 0 Å². The SMILES string of the molecule is Cc1ccc(C(C)C)cc1OCC(=O)Nc1ccc(-c2nnc3n2CCCCC3)cc1. The van der Waals surface area contributed by atoms with Gasteiger partial charge in [0.15, 0.2) is 12.4 Å². The molecular formula is C25H30N4O2. The summed E-state index contributed by atoms with van der Waals surface area (Å²) >= 11 is 0. The predicted octanol–water partition coefficient (Wildman–Crippen LogP) is 5.12. The molecule has 0 saturated carbocycles. The largest absolute Gasteiger partial charge is 0.483 e. The minimum atomic E-state index is -0.182. The lowest BCUT2D eigenvalue weighted by atomic mass is 10.0. The van der Waals surface area contributed by atoms with Crippen LogP contribution in [0.25, 0.3) is 11.4 Å². The first kappa shape index (κ1) is 21.1. The molecule has 162 valence electrons. The summed E-state index contributed by atoms with van der Waals surface area (Å²) < 4.78 is 8.01. The average Bonchev–Trinajstić information content (AvgIpc) is 3.01. The summed E-state index contributed by atoms with van der Waals surface area (Å²) in [7, 11) is 0. The van der Waals surface area contributed by atoms with Crippen LogP contribution in [0.15, 0.2) is 42.5 Å². The molecule has 0 atom stereocenters. The van der Waals surface area contributed by atoms with Crippen LogP contribution in [0.3, 0.4) is 0 Å². The zero-order valence-corrected chi connectivity index (χ0v) is 18.5. The summed E-state index contributed by atoms with van der Waals surface area (Å²) in [6.45, 7) is 7.21. The molecule has 2 aromatic carbocycles. The van der Waals surface area contributed by atoms with Gasteiger partial charge in [-0.1, -0.05) is 32.4 Å². The molecule has 1 N–H and O–H groups in total. The lowest BCUT2D eigenvalue weighted by molar-refractivity contribution is -0.118. The highest BCUT2D eigenvalue weighted by atomic mass is 16.5. The molecular weight excluding hydrogens is 388 g/mol. The first-order valence-electron chi connectivity index (χ1n) is 11.1. The molecule has 1 aliphatic rings. The fourth-order valence-electron chi connectivity index (χ4n) is 3.87. The number of nitrogens with one attached hydrogen (secondary N) is 1. The highest BCUT2D eigenvalue weighted by Crippen LogP contribution is 2.25. The molecule has 6 nitrogen and oxygen atoms in total. The molecule has 0 radical (unpaired) electrons. The number of carbonyl (C=O) groups is 1. The molecule has 1 aromatic heterocycles. The summed E-state index contributed by atoms with van der Waals surface area (Å²) in [6, 6.07) is 13.9. The highest BCUT2D eigenvalue weighted by Gasteiger charge is 2.16. The van der Waals surface area contributed by atoms with Crippen LogP contribution < -0.4 is 10.1 Å². The van der Waals surface area contributed by atoms with Crippen LogP contribution in [0.4, 0.5) is 5.69 Å². The van der Waals surface area contributed by atoms with E-state index in [0.29, 0.717) is 5.92 Å². The van der Waals surface area contributed by atoms with E-state index >= 15 is 0 Å². The van der Waals surface area contributed by atoms with Crippen molar-refractivity contribution < 1.29 is 9.53 Å². The number of benzene rings is 2. The fourth-order valence-corrected chi connectivity index (χ4v) is 3.87. The van der Waals surface area contributed by atoms with Gasteiger partial charge < -0.3 is 14.6 Å². The molecule has 3 aromatic rings. The lowest BCUT2D eigenvalue weighted by Gasteiger charge is -2.13. The molecule has 0 unspecified atom stereocenters. The van der Waals surface area contributed by atoms with Crippen LogP contribution in [0.5, 0.6) is 5.75 Å². The number of rotatable bonds is 6. The summed E-state index contributed by atoms with van der Waals surface area (Å²) in [6.07, 6.45) is 4.55. The zero-order chi connectivity index (χ0) is 21.8. The minimum absolute atomic E-state index is 0.0260. The Morgan fingerprint density at radius 3 is 2.68 bits per heavy atom. The first-order valence-corrected chi connectivity index (χ1v) is 11.1. The number of fused-ring (bicyclic) bond motifs is 1. The van der Waals surface area contributed by atoms with Crippen LogP contribution in [0.1, 0.15) is 56.0 Å². The molecule has 0 aliphatic carbocycles. The van der Waals surface area contributed by atoms with E-state index in [2.05, 4.69) is 40.0 Å². The summed E-state index contributed by atoms with van der Waals surface area (Å²) in [5, 5.41) is 11.7. The Kier molecular flexibility index (Phi) is 6.35. The molecule has 31 heavy (non-hydrogen) atoms. The van der Waals surface area contributed by atoms with Crippen molar-refractivity contribution in [2.45, 2.75) is 58.9 Å². The van der Waals surface area contributed by atoms with E-state index < -0.39 is 0 Å². The molecule has 0 fully saturated rings. The number of hydrogen-bond donors (Lipinski definition) is 1. The number of aryl methyl sites for hydroxylation is 2. The van der Waals surface area contributed by atoms with Crippen LogP contribution in [-0.4, -0.2) is 27.3 Å². The highest BCUT2D eigenvalue weighted by molar-refractivity contribution is 5.92.